The highest BCUT2D eigenvalue weighted by atomic mass is 79.9. The zero-order chi connectivity index (χ0) is 13.0. The maximum absolute atomic E-state index is 9.69. The van der Waals surface area contributed by atoms with E-state index in [-0.39, 0.29) is 5.75 Å². The predicted molar refractivity (Wildman–Crippen MR) is 73.3 cm³/mol. The van der Waals surface area contributed by atoms with Crippen LogP contribution in [0.5, 0.6) is 11.5 Å². The minimum absolute atomic E-state index is 0.0942. The summed E-state index contributed by atoms with van der Waals surface area (Å²) in [4.78, 5) is 7.93. The minimum Gasteiger partial charge on any atom is -0.503 e. The fourth-order valence-corrected chi connectivity index (χ4v) is 1.89. The van der Waals surface area contributed by atoms with E-state index in [2.05, 4.69) is 25.9 Å². The second-order valence-electron chi connectivity index (χ2n) is 3.52. The van der Waals surface area contributed by atoms with Gasteiger partial charge in [0.2, 0.25) is 0 Å². The lowest BCUT2D eigenvalue weighted by Crippen LogP contribution is -1.86. The fraction of sp³-hybridized carbons (Fsp3) is 0.0769. The first kappa shape index (κ1) is 12.6. The molecule has 2 rings (SSSR count). The molecule has 0 aliphatic carbocycles. The van der Waals surface area contributed by atoms with Crippen LogP contribution in [0.3, 0.4) is 0 Å². The van der Waals surface area contributed by atoms with Crippen LogP contribution < -0.4 is 4.74 Å². The fourth-order valence-electron chi connectivity index (χ4n) is 1.43. The monoisotopic (exact) mass is 306 g/mol. The van der Waals surface area contributed by atoms with Gasteiger partial charge in [-0.3, -0.25) is 0 Å². The molecule has 18 heavy (non-hydrogen) atoms. The lowest BCUT2D eigenvalue weighted by molar-refractivity contribution is 0.372. The Bertz CT molecular complexity index is 571. The topological polar surface area (TPSA) is 55.2 Å². The Hall–Kier alpha value is -1.88. The number of ether oxygens (including phenoxy) is 1. The first-order chi connectivity index (χ1) is 8.70. The summed E-state index contributed by atoms with van der Waals surface area (Å²) in [7, 11) is 1.51. The number of rotatable bonds is 3. The van der Waals surface area contributed by atoms with Gasteiger partial charge in [0.25, 0.3) is 0 Å². The number of phenols is 1. The highest BCUT2D eigenvalue weighted by Crippen LogP contribution is 2.35. The Kier molecular flexibility index (Phi) is 3.94. The summed E-state index contributed by atoms with van der Waals surface area (Å²) >= 11 is 3.27. The maximum Gasteiger partial charge on any atom is 0.172 e. The summed E-state index contributed by atoms with van der Waals surface area (Å²) in [6.45, 7) is 0. The summed E-state index contributed by atoms with van der Waals surface area (Å²) in [5.74, 6) is 0.517. The van der Waals surface area contributed by atoms with Crippen molar-refractivity contribution in [2.75, 3.05) is 7.11 Å². The average Bonchev–Trinajstić information content (AvgIpc) is 2.41. The zero-order valence-electron chi connectivity index (χ0n) is 9.67. The third kappa shape index (κ3) is 2.87. The van der Waals surface area contributed by atoms with Gasteiger partial charge in [-0.15, -0.1) is 0 Å². The molecule has 1 N–H and O–H groups in total. The summed E-state index contributed by atoms with van der Waals surface area (Å²) in [5, 5.41) is 9.69. The van der Waals surface area contributed by atoms with Crippen molar-refractivity contribution in [2.45, 2.75) is 0 Å². The van der Waals surface area contributed by atoms with Crippen molar-refractivity contribution in [3.05, 3.63) is 46.5 Å². The summed E-state index contributed by atoms with van der Waals surface area (Å²) in [6.07, 6.45) is 6.92. The van der Waals surface area contributed by atoms with Crippen molar-refractivity contribution in [2.24, 2.45) is 0 Å². The van der Waals surface area contributed by atoms with E-state index in [1.54, 1.807) is 18.3 Å². The number of nitrogens with zero attached hydrogens (tertiary/aromatic N) is 2. The van der Waals surface area contributed by atoms with E-state index in [1.807, 2.05) is 18.2 Å². The van der Waals surface area contributed by atoms with E-state index in [1.165, 1.54) is 13.4 Å². The van der Waals surface area contributed by atoms with E-state index >= 15 is 0 Å². The molecule has 2 aromatic rings. The van der Waals surface area contributed by atoms with E-state index in [9.17, 15) is 5.11 Å². The summed E-state index contributed by atoms with van der Waals surface area (Å²) < 4.78 is 5.67. The van der Waals surface area contributed by atoms with Crippen molar-refractivity contribution in [3.8, 4) is 11.5 Å². The standard InChI is InChI=1S/C13H11BrN2O2/c1-18-12-7-9(6-11(14)13(12)17)2-3-10-4-5-15-8-16-10/h2-8,17H,1H3/b3-2+. The molecule has 0 fully saturated rings. The first-order valence-corrected chi connectivity index (χ1v) is 6.00. The van der Waals surface area contributed by atoms with E-state index in [4.69, 9.17) is 4.74 Å². The molecule has 92 valence electrons. The number of aromatic nitrogens is 2. The number of hydrogen-bond donors (Lipinski definition) is 1. The number of methoxy groups -OCH3 is 1. The van der Waals surface area contributed by atoms with Crippen molar-refractivity contribution in [1.29, 1.82) is 0 Å². The Balaban J connectivity index is 2.30. The number of hydrogen-bond acceptors (Lipinski definition) is 4. The molecule has 1 aromatic carbocycles. The molecule has 4 nitrogen and oxygen atoms in total. The van der Waals surface area contributed by atoms with Crippen LogP contribution in [0.25, 0.3) is 12.2 Å². The second kappa shape index (κ2) is 5.64. The van der Waals surface area contributed by atoms with Crippen LogP contribution in [-0.4, -0.2) is 22.2 Å². The molecule has 5 heteroatoms. The van der Waals surface area contributed by atoms with E-state index < -0.39 is 0 Å². The smallest absolute Gasteiger partial charge is 0.172 e. The molecular weight excluding hydrogens is 296 g/mol. The van der Waals surface area contributed by atoms with E-state index in [0.29, 0.717) is 10.2 Å². The van der Waals surface area contributed by atoms with Gasteiger partial charge in [0, 0.05) is 6.20 Å². The van der Waals surface area contributed by atoms with Crippen LogP contribution in [0, 0.1) is 0 Å². The van der Waals surface area contributed by atoms with Crippen molar-refractivity contribution in [1.82, 2.24) is 9.97 Å². The summed E-state index contributed by atoms with van der Waals surface area (Å²) in [5.41, 5.74) is 1.71. The van der Waals surface area contributed by atoms with Crippen molar-refractivity contribution >= 4 is 28.1 Å². The molecule has 0 amide bonds. The zero-order valence-corrected chi connectivity index (χ0v) is 11.3. The SMILES string of the molecule is COc1cc(/C=C/c2ccncn2)cc(Br)c1O. The minimum atomic E-state index is 0.0942. The molecule has 0 saturated carbocycles. The van der Waals surface area contributed by atoms with Gasteiger partial charge in [-0.1, -0.05) is 6.08 Å². The number of aromatic hydroxyl groups is 1. The highest BCUT2D eigenvalue weighted by molar-refractivity contribution is 9.10. The van der Waals surface area contributed by atoms with Crippen LogP contribution in [-0.2, 0) is 0 Å². The molecule has 1 heterocycles. The maximum atomic E-state index is 9.69. The van der Waals surface area contributed by atoms with E-state index in [0.717, 1.165) is 11.3 Å². The molecule has 0 spiro atoms. The molecule has 0 saturated heterocycles. The van der Waals surface area contributed by atoms with Crippen molar-refractivity contribution in [3.63, 3.8) is 0 Å². The lowest BCUT2D eigenvalue weighted by Gasteiger charge is -2.06. The Labute approximate surface area is 113 Å². The van der Waals surface area contributed by atoms with Gasteiger partial charge in [0.1, 0.15) is 6.33 Å². The second-order valence-corrected chi connectivity index (χ2v) is 4.38. The predicted octanol–water partition coefficient (Wildman–Crippen LogP) is 3.12. The van der Waals surface area contributed by atoms with Crippen LogP contribution >= 0.6 is 15.9 Å². The largest absolute Gasteiger partial charge is 0.503 e. The normalized spacial score (nSPS) is 10.8. The van der Waals surface area contributed by atoms with Gasteiger partial charge >= 0.3 is 0 Å². The molecule has 0 aliphatic rings. The van der Waals surface area contributed by atoms with Crippen molar-refractivity contribution < 1.29 is 9.84 Å². The van der Waals surface area contributed by atoms with Gasteiger partial charge in [0.05, 0.1) is 17.3 Å². The number of phenolic OH excluding ortho intramolecular Hbond substituents is 1. The van der Waals surface area contributed by atoms with Crippen LogP contribution in [0.1, 0.15) is 11.3 Å². The Morgan fingerprint density at radius 3 is 2.83 bits per heavy atom. The molecule has 0 unspecified atom stereocenters. The molecular formula is C13H11BrN2O2. The number of benzene rings is 1. The van der Waals surface area contributed by atoms with Gasteiger partial charge in [-0.05, 0) is 45.8 Å². The highest BCUT2D eigenvalue weighted by Gasteiger charge is 2.06. The van der Waals surface area contributed by atoms with Crippen LogP contribution in [0.2, 0.25) is 0 Å². The molecule has 0 bridgehead atoms. The Morgan fingerprint density at radius 1 is 1.33 bits per heavy atom. The molecule has 1 aromatic heterocycles. The Morgan fingerprint density at radius 2 is 2.17 bits per heavy atom. The van der Waals surface area contributed by atoms with Gasteiger partial charge in [-0.25, -0.2) is 9.97 Å². The third-order valence-electron chi connectivity index (χ3n) is 2.32. The number of halogens is 1. The van der Waals surface area contributed by atoms with Gasteiger partial charge in [-0.2, -0.15) is 0 Å². The average molecular weight is 307 g/mol. The third-order valence-corrected chi connectivity index (χ3v) is 2.93. The quantitative estimate of drug-likeness (QED) is 0.946. The van der Waals surface area contributed by atoms with Crippen LogP contribution in [0.4, 0.5) is 0 Å². The molecule has 0 aliphatic heterocycles. The van der Waals surface area contributed by atoms with Gasteiger partial charge in [0.15, 0.2) is 11.5 Å². The molecule has 0 atom stereocenters. The van der Waals surface area contributed by atoms with Gasteiger partial charge < -0.3 is 9.84 Å². The first-order valence-electron chi connectivity index (χ1n) is 5.21. The summed E-state index contributed by atoms with van der Waals surface area (Å²) in [6, 6.07) is 5.36. The lowest BCUT2D eigenvalue weighted by atomic mass is 10.1. The van der Waals surface area contributed by atoms with Crippen LogP contribution in [0.15, 0.2) is 35.2 Å². The molecule has 0 radical (unpaired) electrons.